The van der Waals surface area contributed by atoms with E-state index in [0.29, 0.717) is 22.8 Å². The van der Waals surface area contributed by atoms with Crippen molar-refractivity contribution in [2.24, 2.45) is 11.0 Å². The minimum absolute atomic E-state index is 0.116. The first kappa shape index (κ1) is 15.3. The van der Waals surface area contributed by atoms with Crippen molar-refractivity contribution in [2.75, 3.05) is 6.54 Å². The van der Waals surface area contributed by atoms with Crippen LogP contribution in [0, 0.1) is 24.7 Å². The fourth-order valence-corrected chi connectivity index (χ4v) is 2.41. The van der Waals surface area contributed by atoms with Gasteiger partial charge in [0.05, 0.1) is 12.5 Å². The predicted molar refractivity (Wildman–Crippen MR) is 92.8 cm³/mol. The molecule has 0 spiro atoms. The van der Waals surface area contributed by atoms with E-state index < -0.39 is 0 Å². The van der Waals surface area contributed by atoms with Crippen molar-refractivity contribution in [1.82, 2.24) is 5.43 Å². The van der Waals surface area contributed by atoms with E-state index in [1.807, 2.05) is 31.2 Å². The van der Waals surface area contributed by atoms with Gasteiger partial charge in [-0.05, 0) is 43.3 Å². The summed E-state index contributed by atoms with van der Waals surface area (Å²) in [4.78, 5) is 12.5. The summed E-state index contributed by atoms with van der Waals surface area (Å²) in [5, 5.41) is 4.72. The second-order valence-electron chi connectivity index (χ2n) is 5.38. The Hall–Kier alpha value is -2.57. The number of halogens is 1. The zero-order valence-corrected chi connectivity index (χ0v) is 13.4. The Balaban J connectivity index is 1.79. The molecule has 2 aromatic rings. The topological polar surface area (TPSA) is 41.5 Å². The number of rotatable bonds is 2. The number of hydrazone groups is 1. The molecule has 1 N–H and O–H groups in total. The number of aryl methyl sites for hydroxylation is 1. The molecular formula is C19H15ClN2O. The van der Waals surface area contributed by atoms with Gasteiger partial charge in [-0.1, -0.05) is 41.1 Å². The molecule has 2 aromatic carbocycles. The number of nitrogens with zero attached hydrogens (tertiary/aromatic N) is 1. The van der Waals surface area contributed by atoms with Gasteiger partial charge in [0, 0.05) is 16.1 Å². The number of Topliss-reactive ketones (excluding diaryl/α,β-unsaturated/α-hetero) is 1. The van der Waals surface area contributed by atoms with Crippen LogP contribution in [-0.4, -0.2) is 18.0 Å². The lowest BCUT2D eigenvalue weighted by molar-refractivity contribution is 0.106. The van der Waals surface area contributed by atoms with Crippen LogP contribution in [0.4, 0.5) is 0 Å². The van der Waals surface area contributed by atoms with E-state index in [4.69, 9.17) is 11.6 Å². The summed E-state index contributed by atoms with van der Waals surface area (Å²) < 4.78 is 0. The number of benzene rings is 2. The van der Waals surface area contributed by atoms with Crippen molar-refractivity contribution in [3.63, 3.8) is 0 Å². The largest absolute Gasteiger partial charge is 0.308 e. The lowest BCUT2D eigenvalue weighted by Gasteiger charge is -2.04. The number of carbonyl (C=O) groups is 1. The van der Waals surface area contributed by atoms with Crippen LogP contribution in [0.1, 0.15) is 21.5 Å². The molecule has 1 atom stereocenters. The predicted octanol–water partition coefficient (Wildman–Crippen LogP) is 3.46. The van der Waals surface area contributed by atoms with Crippen LogP contribution in [0.3, 0.4) is 0 Å². The molecule has 0 aliphatic carbocycles. The van der Waals surface area contributed by atoms with Gasteiger partial charge >= 0.3 is 0 Å². The molecule has 0 saturated carbocycles. The van der Waals surface area contributed by atoms with Crippen molar-refractivity contribution in [3.05, 3.63) is 70.2 Å². The van der Waals surface area contributed by atoms with Gasteiger partial charge in [-0.2, -0.15) is 5.10 Å². The average Bonchev–Trinajstić information content (AvgIpc) is 3.03. The molecule has 0 amide bonds. The maximum absolute atomic E-state index is 12.5. The lowest BCUT2D eigenvalue weighted by atomic mass is 9.96. The zero-order valence-electron chi connectivity index (χ0n) is 12.6. The van der Waals surface area contributed by atoms with Gasteiger partial charge in [-0.3, -0.25) is 4.79 Å². The van der Waals surface area contributed by atoms with Crippen LogP contribution in [0.2, 0.25) is 5.02 Å². The zero-order chi connectivity index (χ0) is 16.2. The van der Waals surface area contributed by atoms with Gasteiger partial charge in [-0.15, -0.1) is 0 Å². The van der Waals surface area contributed by atoms with Crippen molar-refractivity contribution < 1.29 is 4.79 Å². The van der Waals surface area contributed by atoms with Gasteiger partial charge in [0.25, 0.3) is 0 Å². The van der Waals surface area contributed by atoms with Crippen molar-refractivity contribution >= 4 is 23.1 Å². The highest BCUT2D eigenvalue weighted by Gasteiger charge is 2.26. The Morgan fingerprint density at radius 3 is 2.57 bits per heavy atom. The molecule has 114 valence electrons. The third kappa shape index (κ3) is 3.61. The van der Waals surface area contributed by atoms with Gasteiger partial charge in [0.2, 0.25) is 5.78 Å². The van der Waals surface area contributed by atoms with Crippen LogP contribution in [-0.2, 0) is 0 Å². The molecule has 3 nitrogen and oxygen atoms in total. The fraction of sp³-hybridized carbons (Fsp3) is 0.158. The minimum atomic E-state index is -0.209. The maximum atomic E-state index is 12.5. The summed E-state index contributed by atoms with van der Waals surface area (Å²) in [6.45, 7) is 2.58. The lowest BCUT2D eigenvalue weighted by Crippen LogP contribution is -2.22. The van der Waals surface area contributed by atoms with Gasteiger partial charge in [-0.25, -0.2) is 0 Å². The first-order valence-corrected chi connectivity index (χ1v) is 7.70. The van der Waals surface area contributed by atoms with E-state index >= 15 is 0 Å². The fourth-order valence-electron chi connectivity index (χ4n) is 2.28. The van der Waals surface area contributed by atoms with E-state index in [9.17, 15) is 4.79 Å². The number of hydrogen-bond acceptors (Lipinski definition) is 3. The Morgan fingerprint density at radius 2 is 1.87 bits per heavy atom. The quantitative estimate of drug-likeness (QED) is 0.679. The second-order valence-corrected chi connectivity index (χ2v) is 5.82. The highest BCUT2D eigenvalue weighted by atomic mass is 35.5. The number of carbonyl (C=O) groups excluding carboxylic acids is 1. The number of ketones is 1. The molecule has 0 aromatic heterocycles. The Labute approximate surface area is 140 Å². The molecule has 0 radical (unpaired) electrons. The summed E-state index contributed by atoms with van der Waals surface area (Å²) in [7, 11) is 0. The first-order chi connectivity index (χ1) is 11.1. The summed E-state index contributed by atoms with van der Waals surface area (Å²) in [6, 6.07) is 14.8. The maximum Gasteiger partial charge on any atom is 0.210 e. The van der Waals surface area contributed by atoms with Gasteiger partial charge in [0.1, 0.15) is 5.71 Å². The van der Waals surface area contributed by atoms with Crippen molar-refractivity contribution in [2.45, 2.75) is 6.92 Å². The molecule has 0 saturated heterocycles. The molecule has 23 heavy (non-hydrogen) atoms. The molecule has 3 rings (SSSR count). The van der Waals surface area contributed by atoms with Gasteiger partial charge in [0.15, 0.2) is 0 Å². The van der Waals surface area contributed by atoms with Gasteiger partial charge < -0.3 is 5.43 Å². The minimum Gasteiger partial charge on any atom is -0.308 e. The van der Waals surface area contributed by atoms with E-state index in [1.165, 1.54) is 5.56 Å². The molecule has 0 fully saturated rings. The Kier molecular flexibility index (Phi) is 4.45. The first-order valence-electron chi connectivity index (χ1n) is 7.32. The van der Waals surface area contributed by atoms with Crippen LogP contribution >= 0.6 is 11.6 Å². The molecule has 1 aliphatic heterocycles. The molecule has 4 heteroatoms. The third-order valence-electron chi connectivity index (χ3n) is 3.61. The van der Waals surface area contributed by atoms with Crippen molar-refractivity contribution in [3.8, 4) is 11.8 Å². The number of nitrogens with one attached hydrogen (secondary N) is 1. The molecule has 1 aliphatic rings. The molecule has 0 bridgehead atoms. The highest BCUT2D eigenvalue weighted by molar-refractivity contribution is 6.47. The summed E-state index contributed by atoms with van der Waals surface area (Å²) in [5.41, 5.74) is 6.01. The Morgan fingerprint density at radius 1 is 1.17 bits per heavy atom. The normalized spacial score (nSPS) is 16.1. The third-order valence-corrected chi connectivity index (χ3v) is 3.86. The van der Waals surface area contributed by atoms with E-state index in [1.54, 1.807) is 24.3 Å². The molecule has 1 heterocycles. The van der Waals surface area contributed by atoms with Crippen LogP contribution in [0.15, 0.2) is 53.6 Å². The summed E-state index contributed by atoms with van der Waals surface area (Å²) in [5.74, 6) is 5.93. The van der Waals surface area contributed by atoms with E-state index in [0.717, 1.165) is 5.56 Å². The number of hydrogen-bond donors (Lipinski definition) is 1. The smallest absolute Gasteiger partial charge is 0.210 e. The van der Waals surface area contributed by atoms with Crippen LogP contribution in [0.5, 0.6) is 0 Å². The van der Waals surface area contributed by atoms with E-state index in [-0.39, 0.29) is 11.7 Å². The summed E-state index contributed by atoms with van der Waals surface area (Å²) >= 11 is 5.86. The molecule has 1 unspecified atom stereocenters. The van der Waals surface area contributed by atoms with Crippen LogP contribution < -0.4 is 5.43 Å². The standard InChI is InChI=1S/C19H15ClN2O/c1-13-2-4-14(5-3-13)6-7-16-12-21-22-18(16)19(23)15-8-10-17(20)11-9-15/h2-5,8-11,16,21H,12H2,1H3. The second kappa shape index (κ2) is 6.68. The monoisotopic (exact) mass is 322 g/mol. The van der Waals surface area contributed by atoms with Crippen molar-refractivity contribution in [1.29, 1.82) is 0 Å². The average molecular weight is 323 g/mol. The summed E-state index contributed by atoms with van der Waals surface area (Å²) in [6.07, 6.45) is 0. The van der Waals surface area contributed by atoms with Crippen LogP contribution in [0.25, 0.3) is 0 Å². The Bertz CT molecular complexity index is 811. The molecular weight excluding hydrogens is 308 g/mol. The highest BCUT2D eigenvalue weighted by Crippen LogP contribution is 2.14. The SMILES string of the molecule is Cc1ccc(C#CC2CNN=C2C(=O)c2ccc(Cl)cc2)cc1. The van der Waals surface area contributed by atoms with E-state index in [2.05, 4.69) is 22.4 Å².